The number of nitrogens with two attached hydrogens (primary N) is 1. The average Bonchev–Trinajstić information content (AvgIpc) is 2.66. The fourth-order valence-electron chi connectivity index (χ4n) is 7.47. The van der Waals surface area contributed by atoms with Gasteiger partial charge in [0, 0.05) is 13.0 Å². The van der Waals surface area contributed by atoms with Gasteiger partial charge in [0.15, 0.2) is 5.78 Å². The highest BCUT2D eigenvalue weighted by atomic mass is 32.2. The average molecular weight is 461 g/mol. The molecule has 0 saturated heterocycles. The molecule has 2 N–H and O–H groups in total. The Labute approximate surface area is 192 Å². The molecule has 0 aromatic heterocycles. The number of carbonyl (C=O) groups excluding carboxylic acids is 2. The van der Waals surface area contributed by atoms with Crippen LogP contribution in [-0.4, -0.2) is 36.5 Å². The van der Waals surface area contributed by atoms with Gasteiger partial charge in [0.2, 0.25) is 15.9 Å². The van der Waals surface area contributed by atoms with Crippen LogP contribution in [0, 0.1) is 29.6 Å². The summed E-state index contributed by atoms with van der Waals surface area (Å²) in [6.45, 7) is 7.20. The monoisotopic (exact) mass is 460 g/mol. The first-order chi connectivity index (χ1) is 14.9. The summed E-state index contributed by atoms with van der Waals surface area (Å²) in [7, 11) is -3.84. The van der Waals surface area contributed by atoms with Gasteiger partial charge in [0.25, 0.3) is 0 Å². The molecule has 1 aromatic carbocycles. The van der Waals surface area contributed by atoms with Gasteiger partial charge < -0.3 is 5.73 Å². The van der Waals surface area contributed by atoms with E-state index < -0.39 is 21.0 Å². The number of ketones is 1. The first-order valence-electron chi connectivity index (χ1n) is 11.8. The number of hydrogen-bond acceptors (Lipinski definition) is 4. The van der Waals surface area contributed by atoms with Crippen molar-refractivity contribution in [3.8, 4) is 0 Å². The maximum atomic E-state index is 13.8. The molecular weight excluding hydrogens is 424 g/mol. The van der Waals surface area contributed by atoms with Crippen molar-refractivity contribution in [1.82, 2.24) is 4.31 Å². The zero-order valence-corrected chi connectivity index (χ0v) is 20.5. The van der Waals surface area contributed by atoms with Gasteiger partial charge in [0.1, 0.15) is 0 Å². The van der Waals surface area contributed by atoms with Crippen LogP contribution in [0.4, 0.5) is 0 Å². The van der Waals surface area contributed by atoms with Gasteiger partial charge in [-0.2, -0.15) is 4.31 Å². The second kappa shape index (κ2) is 7.66. The molecule has 4 fully saturated rings. The minimum absolute atomic E-state index is 0.0712. The van der Waals surface area contributed by atoms with Crippen molar-refractivity contribution >= 4 is 21.7 Å². The molecule has 5 rings (SSSR count). The van der Waals surface area contributed by atoms with Crippen molar-refractivity contribution in [3.63, 3.8) is 0 Å². The largest absolute Gasteiger partial charge is 0.369 e. The van der Waals surface area contributed by atoms with Gasteiger partial charge >= 0.3 is 0 Å². The lowest BCUT2D eigenvalue weighted by molar-refractivity contribution is -0.159. The van der Waals surface area contributed by atoms with Gasteiger partial charge in [0.05, 0.1) is 15.8 Å². The van der Waals surface area contributed by atoms with Gasteiger partial charge in [-0.25, -0.2) is 8.42 Å². The summed E-state index contributed by atoms with van der Waals surface area (Å²) in [6, 6.07) is 6.89. The van der Waals surface area contributed by atoms with Crippen LogP contribution in [0.5, 0.6) is 0 Å². The molecule has 1 aromatic rings. The molecule has 4 aliphatic rings. The number of sulfonamides is 1. The molecular formula is C25H36N2O4S. The summed E-state index contributed by atoms with van der Waals surface area (Å²) in [5.74, 6) is 0.591. The molecule has 0 heterocycles. The Hall–Kier alpha value is -1.73. The second-order valence-corrected chi connectivity index (χ2v) is 13.0. The lowest BCUT2D eigenvalue weighted by Crippen LogP contribution is -2.59. The molecule has 2 unspecified atom stereocenters. The number of hydrogen-bond donors (Lipinski definition) is 1. The third kappa shape index (κ3) is 3.61. The van der Waals surface area contributed by atoms with Crippen LogP contribution in [0.1, 0.15) is 71.3 Å². The van der Waals surface area contributed by atoms with Crippen LogP contribution < -0.4 is 5.73 Å². The standard InChI is InChI=1S/C25H36N2O4S/c1-5-27(32(30,31)20-9-7-6-8-17(20)2)23(3,4)21(28)15-24-11-18-10-19(12-24)14-25(13-18,16-24)22(26)29/h6-9,18-19H,5,10-16H2,1-4H3,(H2,26,29). The van der Waals surface area contributed by atoms with Gasteiger partial charge in [-0.05, 0) is 88.2 Å². The first kappa shape index (κ1) is 23.4. The molecule has 6 nitrogen and oxygen atoms in total. The Kier molecular flexibility index (Phi) is 5.61. The molecule has 2 atom stereocenters. The van der Waals surface area contributed by atoms with E-state index in [1.165, 1.54) is 4.31 Å². The number of Topliss-reactive ketones (excluding diaryl/α,β-unsaturated/α-hetero) is 1. The van der Waals surface area contributed by atoms with Crippen molar-refractivity contribution in [3.05, 3.63) is 29.8 Å². The highest BCUT2D eigenvalue weighted by molar-refractivity contribution is 7.89. The number of likely N-dealkylation sites (N-methyl/N-ethyl adjacent to an activating group) is 1. The van der Waals surface area contributed by atoms with Crippen molar-refractivity contribution in [2.24, 2.45) is 28.4 Å². The summed E-state index contributed by atoms with van der Waals surface area (Å²) in [4.78, 5) is 26.4. The van der Waals surface area contributed by atoms with Crippen LogP contribution in [0.3, 0.4) is 0 Å². The van der Waals surface area contributed by atoms with Crippen molar-refractivity contribution in [2.45, 2.75) is 83.1 Å². The molecule has 7 heteroatoms. The van der Waals surface area contributed by atoms with E-state index in [4.69, 9.17) is 5.73 Å². The number of amides is 1. The van der Waals surface area contributed by atoms with Crippen LogP contribution in [-0.2, 0) is 19.6 Å². The van der Waals surface area contributed by atoms with Gasteiger partial charge in [-0.1, -0.05) is 25.1 Å². The van der Waals surface area contributed by atoms with Gasteiger partial charge in [-0.15, -0.1) is 0 Å². The third-order valence-corrected chi connectivity index (χ3v) is 10.8. The first-order valence-corrected chi connectivity index (χ1v) is 13.2. The Morgan fingerprint density at radius 2 is 1.72 bits per heavy atom. The molecule has 4 aliphatic carbocycles. The molecule has 0 aliphatic heterocycles. The summed E-state index contributed by atoms with van der Waals surface area (Å²) in [6.07, 6.45) is 5.68. The molecule has 0 spiro atoms. The number of benzene rings is 1. The normalized spacial score (nSPS) is 31.8. The molecule has 176 valence electrons. The zero-order chi connectivity index (χ0) is 23.5. The number of rotatable bonds is 8. The second-order valence-electron chi connectivity index (χ2n) is 11.2. The van der Waals surface area contributed by atoms with Gasteiger partial charge in [-0.3, -0.25) is 9.59 Å². The number of aryl methyl sites for hydroxylation is 1. The lowest BCUT2D eigenvalue weighted by Gasteiger charge is -2.61. The van der Waals surface area contributed by atoms with Crippen molar-refractivity contribution < 1.29 is 18.0 Å². The Morgan fingerprint density at radius 3 is 2.25 bits per heavy atom. The molecule has 0 radical (unpaired) electrons. The fourth-order valence-corrected chi connectivity index (χ4v) is 9.48. The molecule has 4 bridgehead atoms. The highest BCUT2D eigenvalue weighted by Gasteiger charge is 2.61. The topological polar surface area (TPSA) is 97.5 Å². The van der Waals surface area contributed by atoms with E-state index in [-0.39, 0.29) is 28.5 Å². The lowest BCUT2D eigenvalue weighted by atomic mass is 9.43. The quantitative estimate of drug-likeness (QED) is 0.638. The Bertz CT molecular complexity index is 1030. The van der Waals surface area contributed by atoms with E-state index in [0.29, 0.717) is 30.2 Å². The maximum Gasteiger partial charge on any atom is 0.244 e. The maximum absolute atomic E-state index is 13.8. The predicted octanol–water partition coefficient (Wildman–Crippen LogP) is 3.82. The zero-order valence-electron chi connectivity index (χ0n) is 19.7. The van der Waals surface area contributed by atoms with Crippen LogP contribution in [0.25, 0.3) is 0 Å². The van der Waals surface area contributed by atoms with E-state index in [1.54, 1.807) is 45.9 Å². The highest BCUT2D eigenvalue weighted by Crippen LogP contribution is 2.66. The van der Waals surface area contributed by atoms with E-state index in [0.717, 1.165) is 32.1 Å². The molecule has 4 saturated carbocycles. The van der Waals surface area contributed by atoms with E-state index in [2.05, 4.69) is 0 Å². The number of primary amides is 1. The SMILES string of the molecule is CCN(C(C)(C)C(=O)CC12CC3CC(C1)CC(C(N)=O)(C3)C2)S(=O)(=O)c1ccccc1C. The summed E-state index contributed by atoms with van der Waals surface area (Å²) < 4.78 is 28.4. The minimum Gasteiger partial charge on any atom is -0.369 e. The number of nitrogens with zero attached hydrogens (tertiary/aromatic N) is 1. The van der Waals surface area contributed by atoms with Crippen LogP contribution >= 0.6 is 0 Å². The Morgan fingerprint density at radius 1 is 1.12 bits per heavy atom. The predicted molar refractivity (Wildman–Crippen MR) is 123 cm³/mol. The smallest absolute Gasteiger partial charge is 0.244 e. The number of carbonyl (C=O) groups is 2. The van der Waals surface area contributed by atoms with Crippen LogP contribution in [0.2, 0.25) is 0 Å². The summed E-state index contributed by atoms with van der Waals surface area (Å²) in [5.41, 5.74) is 4.63. The third-order valence-electron chi connectivity index (χ3n) is 8.50. The van der Waals surface area contributed by atoms with E-state index in [1.807, 2.05) is 6.07 Å². The Balaban J connectivity index is 1.62. The molecule has 1 amide bonds. The summed E-state index contributed by atoms with van der Waals surface area (Å²) >= 11 is 0. The fraction of sp³-hybridized carbons (Fsp3) is 0.680. The summed E-state index contributed by atoms with van der Waals surface area (Å²) in [5, 5.41) is 0. The van der Waals surface area contributed by atoms with E-state index in [9.17, 15) is 18.0 Å². The van der Waals surface area contributed by atoms with Crippen molar-refractivity contribution in [2.75, 3.05) is 6.54 Å². The molecule has 32 heavy (non-hydrogen) atoms. The van der Waals surface area contributed by atoms with Crippen molar-refractivity contribution in [1.29, 1.82) is 0 Å². The van der Waals surface area contributed by atoms with Crippen LogP contribution in [0.15, 0.2) is 29.2 Å². The minimum atomic E-state index is -3.84. The van der Waals surface area contributed by atoms with E-state index >= 15 is 0 Å².